The zero-order valence-corrected chi connectivity index (χ0v) is 11.6. The maximum absolute atomic E-state index is 10.8. The van der Waals surface area contributed by atoms with Gasteiger partial charge in [0.25, 0.3) is 5.69 Å². The molecular weight excluding hydrogens is 244 g/mol. The second-order valence-corrected chi connectivity index (χ2v) is 5.09. The molecule has 0 unspecified atom stereocenters. The maximum Gasteiger partial charge on any atom is 0.269 e. The number of rotatable bonds is 3. The van der Waals surface area contributed by atoms with Gasteiger partial charge in [-0.1, -0.05) is 6.92 Å². The Morgan fingerprint density at radius 1 is 1.37 bits per heavy atom. The van der Waals surface area contributed by atoms with Crippen molar-refractivity contribution in [1.29, 1.82) is 0 Å². The van der Waals surface area contributed by atoms with Crippen LogP contribution >= 0.6 is 0 Å². The summed E-state index contributed by atoms with van der Waals surface area (Å²) in [6, 6.07) is 5.13. The van der Waals surface area contributed by atoms with Gasteiger partial charge in [0.1, 0.15) is 0 Å². The summed E-state index contributed by atoms with van der Waals surface area (Å²) in [6.07, 6.45) is 1.16. The first-order valence-electron chi connectivity index (χ1n) is 6.69. The molecule has 0 aliphatic carbocycles. The number of nitro benzene ring substituents is 1. The van der Waals surface area contributed by atoms with Crippen molar-refractivity contribution < 1.29 is 9.66 Å². The predicted molar refractivity (Wildman–Crippen MR) is 74.7 cm³/mol. The van der Waals surface area contributed by atoms with E-state index in [2.05, 4.69) is 18.7 Å². The van der Waals surface area contributed by atoms with Crippen LogP contribution in [0.4, 0.5) is 11.4 Å². The SMILES string of the molecule is CCc1cc([N+](=O)[O-])ccc1N1C[C@H](C)O[C@@H](C)C1. The molecule has 0 N–H and O–H groups in total. The molecule has 1 aliphatic heterocycles. The van der Waals surface area contributed by atoms with Gasteiger partial charge in [-0.25, -0.2) is 0 Å². The van der Waals surface area contributed by atoms with Crippen molar-refractivity contribution in [3.05, 3.63) is 33.9 Å². The van der Waals surface area contributed by atoms with Crippen LogP contribution in [0.1, 0.15) is 26.3 Å². The largest absolute Gasteiger partial charge is 0.372 e. The average Bonchev–Trinajstić information content (AvgIpc) is 2.36. The van der Waals surface area contributed by atoms with Crippen LogP contribution in [0.15, 0.2) is 18.2 Å². The second kappa shape index (κ2) is 5.57. The summed E-state index contributed by atoms with van der Waals surface area (Å²) >= 11 is 0. The highest BCUT2D eigenvalue weighted by Crippen LogP contribution is 2.28. The molecule has 5 nitrogen and oxygen atoms in total. The molecule has 1 aromatic rings. The van der Waals surface area contributed by atoms with Crippen LogP contribution in [0.2, 0.25) is 0 Å². The maximum atomic E-state index is 10.8. The number of benzene rings is 1. The predicted octanol–water partition coefficient (Wildman–Crippen LogP) is 2.77. The number of aryl methyl sites for hydroxylation is 1. The van der Waals surface area contributed by atoms with Crippen LogP contribution in [0.3, 0.4) is 0 Å². The van der Waals surface area contributed by atoms with Crippen LogP contribution in [-0.4, -0.2) is 30.2 Å². The molecule has 5 heteroatoms. The minimum absolute atomic E-state index is 0.162. The molecule has 2 rings (SSSR count). The fourth-order valence-corrected chi connectivity index (χ4v) is 2.65. The average molecular weight is 264 g/mol. The molecule has 0 radical (unpaired) electrons. The van der Waals surface area contributed by atoms with Gasteiger partial charge < -0.3 is 9.64 Å². The first-order chi connectivity index (χ1) is 9.01. The Labute approximate surface area is 113 Å². The molecule has 1 fully saturated rings. The number of ether oxygens (including phenoxy) is 1. The molecule has 2 atom stereocenters. The zero-order valence-electron chi connectivity index (χ0n) is 11.6. The molecule has 104 valence electrons. The first-order valence-corrected chi connectivity index (χ1v) is 6.69. The Morgan fingerprint density at radius 2 is 2.00 bits per heavy atom. The van der Waals surface area contributed by atoms with Gasteiger partial charge >= 0.3 is 0 Å². The van der Waals surface area contributed by atoms with Gasteiger partial charge in [-0.3, -0.25) is 10.1 Å². The molecule has 1 aromatic carbocycles. The van der Waals surface area contributed by atoms with Gasteiger partial charge in [0.15, 0.2) is 0 Å². The summed E-state index contributed by atoms with van der Waals surface area (Å²) in [5.41, 5.74) is 2.28. The number of nitrogens with zero attached hydrogens (tertiary/aromatic N) is 2. The topological polar surface area (TPSA) is 55.6 Å². The molecule has 0 aromatic heterocycles. The monoisotopic (exact) mass is 264 g/mol. The van der Waals surface area contributed by atoms with Gasteiger partial charge in [-0.05, 0) is 31.9 Å². The summed E-state index contributed by atoms with van der Waals surface area (Å²) in [5.74, 6) is 0. The summed E-state index contributed by atoms with van der Waals surface area (Å²) in [5, 5.41) is 10.8. The van der Waals surface area contributed by atoms with Crippen LogP contribution < -0.4 is 4.90 Å². The van der Waals surface area contributed by atoms with E-state index in [4.69, 9.17) is 4.74 Å². The molecule has 0 spiro atoms. The highest BCUT2D eigenvalue weighted by atomic mass is 16.6. The third-order valence-electron chi connectivity index (χ3n) is 3.42. The quantitative estimate of drug-likeness (QED) is 0.622. The van der Waals surface area contributed by atoms with Crippen molar-refractivity contribution in [3.8, 4) is 0 Å². The Balaban J connectivity index is 2.30. The smallest absolute Gasteiger partial charge is 0.269 e. The minimum atomic E-state index is -0.340. The fraction of sp³-hybridized carbons (Fsp3) is 0.571. The van der Waals surface area contributed by atoms with Crippen molar-refractivity contribution in [2.24, 2.45) is 0 Å². The van der Waals surface area contributed by atoms with Crippen molar-refractivity contribution in [2.75, 3.05) is 18.0 Å². The van der Waals surface area contributed by atoms with E-state index in [1.807, 2.05) is 13.0 Å². The normalized spacial score (nSPS) is 23.4. The Hall–Kier alpha value is -1.62. The number of hydrogen-bond donors (Lipinski definition) is 0. The van der Waals surface area contributed by atoms with Gasteiger partial charge in [-0.2, -0.15) is 0 Å². The molecular formula is C14H20N2O3. The van der Waals surface area contributed by atoms with E-state index >= 15 is 0 Å². The van der Waals surface area contributed by atoms with E-state index in [9.17, 15) is 10.1 Å². The van der Waals surface area contributed by atoms with E-state index in [-0.39, 0.29) is 22.8 Å². The van der Waals surface area contributed by atoms with Crippen molar-refractivity contribution >= 4 is 11.4 Å². The lowest BCUT2D eigenvalue weighted by Crippen LogP contribution is -2.45. The van der Waals surface area contributed by atoms with Crippen LogP contribution in [-0.2, 0) is 11.2 Å². The van der Waals surface area contributed by atoms with Gasteiger partial charge in [0.05, 0.1) is 17.1 Å². The molecule has 19 heavy (non-hydrogen) atoms. The standard InChI is InChI=1S/C14H20N2O3/c1-4-12-7-13(16(17)18)5-6-14(12)15-8-10(2)19-11(3)9-15/h5-7,10-11H,4,8-9H2,1-3H3/t10-,11-/m0/s1. The second-order valence-electron chi connectivity index (χ2n) is 5.09. The Kier molecular flexibility index (Phi) is 4.04. The van der Waals surface area contributed by atoms with Gasteiger partial charge in [0.2, 0.25) is 0 Å². The third-order valence-corrected chi connectivity index (χ3v) is 3.42. The van der Waals surface area contributed by atoms with Crippen molar-refractivity contribution in [3.63, 3.8) is 0 Å². The Bertz CT molecular complexity index is 466. The summed E-state index contributed by atoms with van der Waals surface area (Å²) in [7, 11) is 0. The number of nitro groups is 1. The third kappa shape index (κ3) is 3.04. The van der Waals surface area contributed by atoms with E-state index in [1.165, 1.54) is 0 Å². The number of non-ortho nitro benzene ring substituents is 1. The number of morpholine rings is 1. The lowest BCUT2D eigenvalue weighted by molar-refractivity contribution is -0.384. The first kappa shape index (κ1) is 13.8. The molecule has 0 bridgehead atoms. The molecule has 1 saturated heterocycles. The van der Waals surface area contributed by atoms with Crippen molar-refractivity contribution in [1.82, 2.24) is 0 Å². The van der Waals surface area contributed by atoms with Gasteiger partial charge in [-0.15, -0.1) is 0 Å². The van der Waals surface area contributed by atoms with Gasteiger partial charge in [0, 0.05) is 30.9 Å². The minimum Gasteiger partial charge on any atom is -0.372 e. The number of anilines is 1. The molecule has 0 amide bonds. The van der Waals surface area contributed by atoms with Crippen LogP contribution in [0.5, 0.6) is 0 Å². The van der Waals surface area contributed by atoms with E-state index in [1.54, 1.807) is 12.1 Å². The lowest BCUT2D eigenvalue weighted by atomic mass is 10.1. The fourth-order valence-electron chi connectivity index (χ4n) is 2.65. The summed E-state index contributed by atoms with van der Waals surface area (Å²) < 4.78 is 5.72. The van der Waals surface area contributed by atoms with E-state index in [0.29, 0.717) is 0 Å². The summed E-state index contributed by atoms with van der Waals surface area (Å²) in [6.45, 7) is 7.79. The highest BCUT2D eigenvalue weighted by Gasteiger charge is 2.24. The van der Waals surface area contributed by atoms with E-state index < -0.39 is 0 Å². The zero-order chi connectivity index (χ0) is 14.0. The summed E-state index contributed by atoms with van der Waals surface area (Å²) in [4.78, 5) is 12.8. The molecule has 1 heterocycles. The van der Waals surface area contributed by atoms with Crippen molar-refractivity contribution in [2.45, 2.75) is 39.4 Å². The van der Waals surface area contributed by atoms with Crippen LogP contribution in [0, 0.1) is 10.1 Å². The molecule has 0 saturated carbocycles. The highest BCUT2D eigenvalue weighted by molar-refractivity contribution is 5.58. The van der Waals surface area contributed by atoms with E-state index in [0.717, 1.165) is 30.8 Å². The number of hydrogen-bond acceptors (Lipinski definition) is 4. The Morgan fingerprint density at radius 3 is 2.53 bits per heavy atom. The van der Waals surface area contributed by atoms with Crippen LogP contribution in [0.25, 0.3) is 0 Å². The lowest BCUT2D eigenvalue weighted by Gasteiger charge is -2.37. The molecule has 1 aliphatic rings.